The lowest BCUT2D eigenvalue weighted by molar-refractivity contribution is -0.135. The molecule has 6 amide bonds. The van der Waals surface area contributed by atoms with E-state index in [9.17, 15) is 39.0 Å². The molecule has 15 nitrogen and oxygen atoms in total. The van der Waals surface area contributed by atoms with Crippen molar-refractivity contribution in [1.82, 2.24) is 26.6 Å². The van der Waals surface area contributed by atoms with Gasteiger partial charge >= 0.3 is 0 Å². The summed E-state index contributed by atoms with van der Waals surface area (Å²) in [5.41, 5.74) is 12.2. The van der Waals surface area contributed by atoms with Crippen molar-refractivity contribution in [3.8, 4) is 5.75 Å². The number of carbonyl (C=O) groups is 6. The molecule has 0 radical (unpaired) electrons. The van der Waals surface area contributed by atoms with Crippen molar-refractivity contribution in [2.75, 3.05) is 13.2 Å². The first-order valence-electron chi connectivity index (χ1n) is 14.9. The van der Waals surface area contributed by atoms with E-state index < -0.39 is 78.7 Å². The molecule has 0 saturated carbocycles. The second-order valence-electron chi connectivity index (χ2n) is 11.0. The van der Waals surface area contributed by atoms with Gasteiger partial charge in [0.25, 0.3) is 0 Å². The fourth-order valence-electron chi connectivity index (χ4n) is 4.86. The van der Waals surface area contributed by atoms with Gasteiger partial charge in [-0.1, -0.05) is 42.5 Å². The van der Waals surface area contributed by atoms with Gasteiger partial charge in [-0.3, -0.25) is 28.8 Å². The molecule has 2 aromatic carbocycles. The highest BCUT2D eigenvalue weighted by atomic mass is 16.3. The molecule has 3 rings (SSSR count). The third-order valence-corrected chi connectivity index (χ3v) is 7.36. The summed E-state index contributed by atoms with van der Waals surface area (Å²) < 4.78 is 0. The summed E-state index contributed by atoms with van der Waals surface area (Å²) >= 11 is 0. The molecule has 1 saturated heterocycles. The monoisotopic (exact) mass is 639 g/mol. The maximum atomic E-state index is 13.8. The number of aliphatic hydroxyl groups is 1. The number of hydrogen-bond donors (Lipinski definition) is 9. The number of hydrogen-bond acceptors (Lipinski definition) is 9. The average Bonchev–Trinajstić information content (AvgIpc) is 3.02. The number of nitrogens with one attached hydrogen (secondary N) is 5. The average molecular weight is 640 g/mol. The smallest absolute Gasteiger partial charge is 0.245 e. The highest BCUT2D eigenvalue weighted by Gasteiger charge is 2.35. The van der Waals surface area contributed by atoms with E-state index in [4.69, 9.17) is 11.5 Å². The van der Waals surface area contributed by atoms with Crippen molar-refractivity contribution in [1.29, 1.82) is 0 Å². The van der Waals surface area contributed by atoms with E-state index >= 15 is 0 Å². The van der Waals surface area contributed by atoms with Gasteiger partial charge in [0.05, 0.1) is 13.0 Å². The Hall–Kier alpha value is -5.02. The zero-order valence-corrected chi connectivity index (χ0v) is 25.2. The Morgan fingerprint density at radius 3 is 1.63 bits per heavy atom. The highest BCUT2D eigenvalue weighted by Crippen LogP contribution is 2.13. The van der Waals surface area contributed by atoms with Crippen LogP contribution in [0.15, 0.2) is 54.6 Å². The van der Waals surface area contributed by atoms with E-state index in [2.05, 4.69) is 26.6 Å². The quantitative estimate of drug-likeness (QED) is 0.119. The van der Waals surface area contributed by atoms with Crippen LogP contribution in [0.5, 0.6) is 5.75 Å². The van der Waals surface area contributed by atoms with Crippen molar-refractivity contribution >= 4 is 35.4 Å². The van der Waals surface area contributed by atoms with Gasteiger partial charge in [-0.25, -0.2) is 0 Å². The molecule has 1 heterocycles. The summed E-state index contributed by atoms with van der Waals surface area (Å²) in [6, 6.07) is 7.88. The Kier molecular flexibility index (Phi) is 13.5. The Morgan fingerprint density at radius 1 is 0.630 bits per heavy atom. The number of nitrogens with two attached hydrogens (primary N) is 2. The molecule has 2 aromatic rings. The molecule has 46 heavy (non-hydrogen) atoms. The highest BCUT2D eigenvalue weighted by molar-refractivity contribution is 5.99. The number of phenols is 1. The Labute approximate surface area is 265 Å². The first-order chi connectivity index (χ1) is 22.0. The molecular weight excluding hydrogens is 598 g/mol. The van der Waals surface area contributed by atoms with Crippen molar-refractivity contribution < 1.29 is 39.0 Å². The van der Waals surface area contributed by atoms with Gasteiger partial charge < -0.3 is 48.3 Å². The van der Waals surface area contributed by atoms with Crippen molar-refractivity contribution in [2.45, 2.75) is 68.7 Å². The minimum Gasteiger partial charge on any atom is -0.508 e. The van der Waals surface area contributed by atoms with Crippen LogP contribution in [0.4, 0.5) is 0 Å². The third kappa shape index (κ3) is 10.9. The van der Waals surface area contributed by atoms with Gasteiger partial charge in [0.2, 0.25) is 35.4 Å². The summed E-state index contributed by atoms with van der Waals surface area (Å²) in [5, 5.41) is 32.3. The minimum absolute atomic E-state index is 0.0170. The molecule has 248 valence electrons. The maximum Gasteiger partial charge on any atom is 0.245 e. The van der Waals surface area contributed by atoms with Crippen LogP contribution < -0.4 is 38.1 Å². The predicted molar refractivity (Wildman–Crippen MR) is 165 cm³/mol. The number of amides is 6. The zero-order valence-electron chi connectivity index (χ0n) is 25.2. The number of rotatable bonds is 11. The van der Waals surface area contributed by atoms with Crippen LogP contribution in [0, 0.1) is 0 Å². The number of phenolic OH excluding ortho intramolecular Hbond substituents is 1. The lowest BCUT2D eigenvalue weighted by Crippen LogP contribution is -2.59. The van der Waals surface area contributed by atoms with Gasteiger partial charge in [-0.15, -0.1) is 0 Å². The summed E-state index contributed by atoms with van der Waals surface area (Å²) in [5.74, 6) is -5.16. The normalized spacial score (nSPS) is 23.1. The van der Waals surface area contributed by atoms with Crippen LogP contribution in [0.3, 0.4) is 0 Å². The van der Waals surface area contributed by atoms with Crippen LogP contribution in [0.25, 0.3) is 0 Å². The number of unbranched alkanes of at least 4 members (excludes halogenated alkanes) is 1. The molecule has 11 N–H and O–H groups in total. The Bertz CT molecular complexity index is 1370. The Morgan fingerprint density at radius 2 is 1.09 bits per heavy atom. The van der Waals surface area contributed by atoms with Gasteiger partial charge in [0.1, 0.15) is 36.0 Å². The van der Waals surface area contributed by atoms with Crippen molar-refractivity contribution in [2.24, 2.45) is 11.5 Å². The number of primary amides is 1. The summed E-state index contributed by atoms with van der Waals surface area (Å²) in [4.78, 5) is 79.2. The molecule has 1 aliphatic heterocycles. The van der Waals surface area contributed by atoms with E-state index in [0.717, 1.165) is 0 Å². The zero-order chi connectivity index (χ0) is 33.6. The number of carbonyl (C=O) groups excluding carboxylic acids is 6. The molecule has 0 spiro atoms. The van der Waals surface area contributed by atoms with E-state index in [1.165, 1.54) is 12.1 Å². The molecular formula is C31H41N7O8. The van der Waals surface area contributed by atoms with Gasteiger partial charge in [-0.05, 0) is 49.1 Å². The maximum absolute atomic E-state index is 13.8. The lowest BCUT2D eigenvalue weighted by atomic mass is 10.0. The van der Waals surface area contributed by atoms with Crippen LogP contribution >= 0.6 is 0 Å². The Balaban J connectivity index is 2.05. The van der Waals surface area contributed by atoms with E-state index in [0.29, 0.717) is 30.5 Å². The predicted octanol–water partition coefficient (Wildman–Crippen LogP) is -2.39. The molecule has 15 heteroatoms. The summed E-state index contributed by atoms with van der Waals surface area (Å²) in [6.07, 6.45) is 0.376. The first kappa shape index (κ1) is 35.5. The number of aromatic hydroxyl groups is 1. The fraction of sp³-hybridized carbons (Fsp3) is 0.419. The molecule has 0 bridgehead atoms. The van der Waals surface area contributed by atoms with Crippen LogP contribution in [0.2, 0.25) is 0 Å². The lowest BCUT2D eigenvalue weighted by Gasteiger charge is -2.26. The first-order valence-corrected chi connectivity index (χ1v) is 14.9. The molecule has 5 atom stereocenters. The van der Waals surface area contributed by atoms with Crippen LogP contribution in [-0.4, -0.2) is 89.0 Å². The summed E-state index contributed by atoms with van der Waals surface area (Å²) in [7, 11) is 0. The van der Waals surface area contributed by atoms with Gasteiger partial charge in [0.15, 0.2) is 0 Å². The molecule has 0 unspecified atom stereocenters. The second-order valence-corrected chi connectivity index (χ2v) is 11.0. The van der Waals surface area contributed by atoms with Crippen LogP contribution in [-0.2, 0) is 41.6 Å². The van der Waals surface area contributed by atoms with Crippen molar-refractivity contribution in [3.05, 3.63) is 65.7 Å². The second kappa shape index (κ2) is 17.5. The number of benzene rings is 2. The minimum atomic E-state index is -1.58. The molecule has 0 aromatic heterocycles. The largest absolute Gasteiger partial charge is 0.508 e. The topological polar surface area (TPSA) is 255 Å². The fourth-order valence-corrected chi connectivity index (χ4v) is 4.86. The van der Waals surface area contributed by atoms with Gasteiger partial charge in [0, 0.05) is 12.8 Å². The van der Waals surface area contributed by atoms with E-state index in [1.807, 2.05) is 0 Å². The molecule has 1 fully saturated rings. The molecule has 0 aliphatic carbocycles. The van der Waals surface area contributed by atoms with Crippen molar-refractivity contribution in [3.63, 3.8) is 0 Å². The standard InChI is InChI=1S/C31H41N7O8/c32-13-5-4-8-21-27(42)37-24(16-26(33)41)30(45)38-25(17-39)31(46)36-23(15-19-9-11-20(40)12-10-19)29(44)35-22(28(43)34-21)14-18-6-2-1-3-7-18/h1-3,6-7,9-12,21-25,39-40H,4-5,8,13-17,32H2,(H2,33,41)(H,34,43)(H,35,44)(H,36,46)(H,37,42)(H,38,45)/t21-,22-,23-,24-,25-/m0/s1. The molecule has 1 aliphatic rings. The van der Waals surface area contributed by atoms with E-state index in [1.54, 1.807) is 42.5 Å². The summed E-state index contributed by atoms with van der Waals surface area (Å²) in [6.45, 7) is -0.561. The van der Waals surface area contributed by atoms with Gasteiger partial charge in [-0.2, -0.15) is 0 Å². The number of aliphatic hydroxyl groups excluding tert-OH is 1. The van der Waals surface area contributed by atoms with E-state index in [-0.39, 0.29) is 25.0 Å². The SMILES string of the molecule is NCCCC[C@@H]1NC(=O)[C@H](Cc2ccccc2)NC(=O)[C@H](Cc2ccc(O)cc2)NC(=O)[C@H](CO)NC(=O)[C@H](CC(N)=O)NC1=O. The van der Waals surface area contributed by atoms with Crippen LogP contribution in [0.1, 0.15) is 36.8 Å². The third-order valence-electron chi connectivity index (χ3n) is 7.36.